The van der Waals surface area contributed by atoms with Gasteiger partial charge in [-0.3, -0.25) is 4.90 Å². The van der Waals surface area contributed by atoms with Crippen molar-refractivity contribution in [1.82, 2.24) is 19.5 Å². The second-order valence-electron chi connectivity index (χ2n) is 8.12. The molecule has 6 heteroatoms. The van der Waals surface area contributed by atoms with E-state index in [1.54, 1.807) is 0 Å². The number of ether oxygens (including phenoxy) is 1. The Hall–Kier alpha value is -1.66. The summed E-state index contributed by atoms with van der Waals surface area (Å²) in [7, 11) is 0. The zero-order chi connectivity index (χ0) is 19.0. The highest BCUT2D eigenvalue weighted by atomic mass is 16.5. The Balaban J connectivity index is 1.51. The summed E-state index contributed by atoms with van der Waals surface area (Å²) < 4.78 is 7.59. The maximum Gasteiger partial charge on any atom is 0.160 e. The average Bonchev–Trinajstić information content (AvgIpc) is 3.01. The number of anilines is 1. The van der Waals surface area contributed by atoms with Crippen molar-refractivity contribution in [3.05, 3.63) is 23.0 Å². The van der Waals surface area contributed by atoms with Crippen LogP contribution in [0.3, 0.4) is 0 Å². The molecule has 0 aromatic carbocycles. The number of aromatic nitrogens is 3. The fraction of sp³-hybridized carbons (Fsp3) is 0.714. The van der Waals surface area contributed by atoms with E-state index >= 15 is 0 Å². The maximum atomic E-state index is 5.52. The molecule has 0 amide bonds. The molecule has 1 atom stereocenters. The first-order valence-corrected chi connectivity index (χ1v) is 10.5. The smallest absolute Gasteiger partial charge is 0.160 e. The normalized spacial score (nSPS) is 21.1. The molecule has 2 aromatic rings. The molecular weight excluding hydrogens is 338 g/mol. The lowest BCUT2D eigenvalue weighted by Crippen LogP contribution is -2.48. The van der Waals surface area contributed by atoms with Gasteiger partial charge in [-0.15, -0.1) is 0 Å². The largest absolute Gasteiger partial charge is 0.379 e. The van der Waals surface area contributed by atoms with Crippen molar-refractivity contribution in [1.29, 1.82) is 0 Å². The van der Waals surface area contributed by atoms with Gasteiger partial charge in [0, 0.05) is 49.5 Å². The minimum atomic E-state index is 0.647. The fourth-order valence-corrected chi connectivity index (χ4v) is 4.56. The number of aryl methyl sites for hydroxylation is 3. The Bertz CT molecular complexity index is 787. The molecule has 0 saturated carbocycles. The molecule has 0 bridgehead atoms. The first kappa shape index (κ1) is 18.7. The van der Waals surface area contributed by atoms with Crippen molar-refractivity contribution in [2.45, 2.75) is 53.0 Å². The van der Waals surface area contributed by atoms with E-state index < -0.39 is 0 Å². The van der Waals surface area contributed by atoms with Gasteiger partial charge in [-0.25, -0.2) is 4.98 Å². The number of rotatable bonds is 4. The topological polar surface area (TPSA) is 45.9 Å². The summed E-state index contributed by atoms with van der Waals surface area (Å²) in [6.45, 7) is 14.9. The summed E-state index contributed by atoms with van der Waals surface area (Å²) in [6.07, 6.45) is 3.43. The summed E-state index contributed by atoms with van der Waals surface area (Å²) in [4.78, 5) is 9.96. The van der Waals surface area contributed by atoms with E-state index in [1.165, 1.54) is 24.2 Å². The molecule has 2 saturated heterocycles. The summed E-state index contributed by atoms with van der Waals surface area (Å²) in [6, 6.07) is 2.89. The zero-order valence-electron chi connectivity index (χ0n) is 17.2. The summed E-state index contributed by atoms with van der Waals surface area (Å²) in [5.41, 5.74) is 4.45. The Labute approximate surface area is 162 Å². The number of piperidine rings is 1. The van der Waals surface area contributed by atoms with Gasteiger partial charge < -0.3 is 9.64 Å². The molecule has 6 nitrogen and oxygen atoms in total. The molecule has 0 radical (unpaired) electrons. The SMILES string of the molecule is CCc1cc(N2CCC([C@@H](C)N3CCOCC3)CC2)n2nc(C)c(C)c2n1. The molecule has 0 unspecified atom stereocenters. The molecule has 4 heterocycles. The van der Waals surface area contributed by atoms with Crippen LogP contribution < -0.4 is 4.90 Å². The fourth-order valence-electron chi connectivity index (χ4n) is 4.56. The Morgan fingerprint density at radius 2 is 1.85 bits per heavy atom. The Morgan fingerprint density at radius 1 is 1.15 bits per heavy atom. The minimum Gasteiger partial charge on any atom is -0.379 e. The monoisotopic (exact) mass is 371 g/mol. The van der Waals surface area contributed by atoms with E-state index in [0.29, 0.717) is 6.04 Å². The van der Waals surface area contributed by atoms with Crippen molar-refractivity contribution in [3.63, 3.8) is 0 Å². The molecule has 0 aliphatic carbocycles. The van der Waals surface area contributed by atoms with Crippen LogP contribution in [-0.2, 0) is 11.2 Å². The highest BCUT2D eigenvalue weighted by Gasteiger charge is 2.29. The van der Waals surface area contributed by atoms with Gasteiger partial charge in [0.2, 0.25) is 0 Å². The maximum absolute atomic E-state index is 5.52. The molecule has 0 spiro atoms. The quantitative estimate of drug-likeness (QED) is 0.827. The van der Waals surface area contributed by atoms with Crippen molar-refractivity contribution in [2.24, 2.45) is 5.92 Å². The van der Waals surface area contributed by atoms with Crippen molar-refractivity contribution in [2.75, 3.05) is 44.3 Å². The van der Waals surface area contributed by atoms with Crippen LogP contribution in [0.1, 0.15) is 43.6 Å². The van der Waals surface area contributed by atoms with Gasteiger partial charge in [0.25, 0.3) is 0 Å². The second kappa shape index (κ2) is 7.76. The lowest BCUT2D eigenvalue weighted by molar-refractivity contribution is 0.00447. The molecule has 2 fully saturated rings. The molecular formula is C21H33N5O. The summed E-state index contributed by atoms with van der Waals surface area (Å²) in [5.74, 6) is 1.98. The van der Waals surface area contributed by atoms with Gasteiger partial charge in [0.1, 0.15) is 5.82 Å². The number of hydrogen-bond acceptors (Lipinski definition) is 5. The van der Waals surface area contributed by atoms with Crippen molar-refractivity contribution in [3.8, 4) is 0 Å². The molecule has 27 heavy (non-hydrogen) atoms. The van der Waals surface area contributed by atoms with Crippen LogP contribution in [0.25, 0.3) is 5.65 Å². The van der Waals surface area contributed by atoms with Gasteiger partial charge in [-0.1, -0.05) is 6.92 Å². The highest BCUT2D eigenvalue weighted by Crippen LogP contribution is 2.29. The van der Waals surface area contributed by atoms with Crippen molar-refractivity contribution >= 4 is 11.5 Å². The van der Waals surface area contributed by atoms with Crippen LogP contribution >= 0.6 is 0 Å². The third kappa shape index (κ3) is 3.57. The molecule has 2 aromatic heterocycles. The predicted molar refractivity (Wildman–Crippen MR) is 109 cm³/mol. The van der Waals surface area contributed by atoms with Gasteiger partial charge >= 0.3 is 0 Å². The van der Waals surface area contributed by atoms with Gasteiger partial charge in [-0.05, 0) is 46.0 Å². The number of hydrogen-bond donors (Lipinski definition) is 0. The van der Waals surface area contributed by atoms with Crippen molar-refractivity contribution < 1.29 is 4.74 Å². The lowest BCUT2D eigenvalue weighted by Gasteiger charge is -2.41. The molecule has 148 valence electrons. The van der Waals surface area contributed by atoms with E-state index in [0.717, 1.165) is 68.8 Å². The van der Waals surface area contributed by atoms with Crippen LogP contribution in [-0.4, -0.2) is 64.9 Å². The standard InChI is InChI=1S/C21H33N5O/c1-5-19-14-20(26-21(22-19)15(2)16(3)23-26)25-8-6-18(7-9-25)17(4)24-10-12-27-13-11-24/h14,17-18H,5-13H2,1-4H3/t17-/m1/s1. The highest BCUT2D eigenvalue weighted by molar-refractivity contribution is 5.57. The zero-order valence-corrected chi connectivity index (χ0v) is 17.2. The lowest BCUT2D eigenvalue weighted by atomic mass is 9.89. The first-order chi connectivity index (χ1) is 13.1. The van der Waals surface area contributed by atoms with E-state index in [2.05, 4.69) is 48.1 Å². The van der Waals surface area contributed by atoms with Gasteiger partial charge in [0.05, 0.1) is 18.9 Å². The predicted octanol–water partition coefficient (Wildman–Crippen LogP) is 2.85. The third-order valence-corrected chi connectivity index (χ3v) is 6.62. The average molecular weight is 372 g/mol. The second-order valence-corrected chi connectivity index (χ2v) is 8.12. The first-order valence-electron chi connectivity index (χ1n) is 10.5. The van der Waals surface area contributed by atoms with E-state index in [-0.39, 0.29) is 0 Å². The van der Waals surface area contributed by atoms with E-state index in [9.17, 15) is 0 Å². The van der Waals surface area contributed by atoms with Crippen LogP contribution in [0.15, 0.2) is 6.07 Å². The van der Waals surface area contributed by atoms with Crippen LogP contribution in [0.4, 0.5) is 5.82 Å². The Morgan fingerprint density at radius 3 is 2.52 bits per heavy atom. The van der Waals surface area contributed by atoms with Crippen LogP contribution in [0, 0.1) is 19.8 Å². The van der Waals surface area contributed by atoms with Gasteiger partial charge in [0.15, 0.2) is 5.65 Å². The van der Waals surface area contributed by atoms with E-state index in [4.69, 9.17) is 14.8 Å². The summed E-state index contributed by atoms with van der Waals surface area (Å²) >= 11 is 0. The molecule has 2 aliphatic heterocycles. The number of morpholine rings is 1. The number of nitrogens with zero attached hydrogens (tertiary/aromatic N) is 5. The van der Waals surface area contributed by atoms with E-state index in [1.807, 2.05) is 0 Å². The minimum absolute atomic E-state index is 0.647. The van der Waals surface area contributed by atoms with Gasteiger partial charge in [-0.2, -0.15) is 9.61 Å². The van der Waals surface area contributed by atoms with Crippen LogP contribution in [0.2, 0.25) is 0 Å². The Kier molecular flexibility index (Phi) is 5.37. The molecule has 2 aliphatic rings. The third-order valence-electron chi connectivity index (χ3n) is 6.62. The number of fused-ring (bicyclic) bond motifs is 1. The molecule has 0 N–H and O–H groups in total. The summed E-state index contributed by atoms with van der Waals surface area (Å²) in [5, 5.41) is 4.78. The van der Waals surface area contributed by atoms with Crippen LogP contribution in [0.5, 0.6) is 0 Å². The molecule has 4 rings (SSSR count).